The van der Waals surface area contributed by atoms with Gasteiger partial charge in [0.15, 0.2) is 0 Å². The van der Waals surface area contributed by atoms with E-state index in [1.807, 2.05) is 0 Å². The van der Waals surface area contributed by atoms with E-state index in [9.17, 15) is 0 Å². The maximum absolute atomic E-state index is 8.89. The van der Waals surface area contributed by atoms with Crippen molar-refractivity contribution in [3.63, 3.8) is 0 Å². The molecular formula is C40H66O16P2Ru4. The van der Waals surface area contributed by atoms with E-state index in [0.29, 0.717) is 15.8 Å². The molecule has 0 aromatic rings. The molecule has 0 unspecified atom stereocenters. The van der Waals surface area contributed by atoms with E-state index in [0.717, 1.165) is 27.7 Å². The van der Waals surface area contributed by atoms with Crippen molar-refractivity contribution >= 4 is 39.7 Å². The first-order chi connectivity index (χ1) is 27.6. The van der Waals surface area contributed by atoms with Gasteiger partial charge in [0.1, 0.15) is 0 Å². The standard InChI is InChI=1S/2C12H27P.4C2H4O2.8CO.4Ru/c2*1-4-7-10-13(11-8-5-2)12-9-6-3;4*1-2(3)4;8*1-2;;;;/h2*4-12H2,1-3H3;4*1H3,(H,3,4);;;;;;;;;;;;/q;;;;;;;;;;;;;;4*+1/p-4. The van der Waals surface area contributed by atoms with Gasteiger partial charge in [-0.1, -0.05) is 80.1 Å². The second-order valence-electron chi connectivity index (χ2n) is 9.77. The average Bonchev–Trinajstić information content (AvgIpc) is 3.23. The monoisotopic (exact) mass is 1270 g/mol. The van der Waals surface area contributed by atoms with Crippen molar-refractivity contribution in [2.75, 3.05) is 37.0 Å². The van der Waals surface area contributed by atoms with Crippen LogP contribution in [0.5, 0.6) is 0 Å². The van der Waals surface area contributed by atoms with E-state index in [1.165, 1.54) is 77.0 Å². The van der Waals surface area contributed by atoms with E-state index >= 15 is 0 Å². The van der Waals surface area contributed by atoms with Crippen LogP contribution >= 0.6 is 15.8 Å². The Morgan fingerprint density at radius 1 is 0.306 bits per heavy atom. The molecule has 0 fully saturated rings. The van der Waals surface area contributed by atoms with Gasteiger partial charge in [-0.2, -0.15) is 0 Å². The second-order valence-corrected chi connectivity index (χ2v) is 15.1. The van der Waals surface area contributed by atoms with Crippen LogP contribution in [0.25, 0.3) is 0 Å². The molecule has 0 aromatic carbocycles. The van der Waals surface area contributed by atoms with Crippen LogP contribution in [-0.2, 0) is 134 Å². The molecule has 22 heteroatoms. The van der Waals surface area contributed by atoms with Gasteiger partial charge in [-0.3, -0.25) is 0 Å². The van der Waals surface area contributed by atoms with E-state index in [-0.39, 0.29) is 77.9 Å². The SMILES string of the molecule is CC(=O)[O-].CC(=O)[O-].CC(=O)[O-].CC(=O)[O-].CCCCP(CCCC)CCCC.CCCCP(CCCC)CCCC.[C-]#[O+].[C-]#[O+].[C-]#[O+].[C-]#[O+].[C-]#[O+].[C-]#[O+].[C-]#[O+].[C-]#[O+].[Ru+].[Ru+].[Ru+].[Ru+]. The van der Waals surface area contributed by atoms with Crippen LogP contribution in [0.3, 0.4) is 0 Å². The number of carboxylic acids is 4. The molecule has 0 heterocycles. The molecule has 0 spiro atoms. The Balaban J connectivity index is -0.0000000228. The van der Waals surface area contributed by atoms with Crippen molar-refractivity contribution in [3.05, 3.63) is 53.2 Å². The van der Waals surface area contributed by atoms with Crippen LogP contribution in [-0.4, -0.2) is 60.8 Å². The van der Waals surface area contributed by atoms with Crippen molar-refractivity contribution in [3.8, 4) is 0 Å². The van der Waals surface area contributed by atoms with E-state index in [1.54, 1.807) is 37.0 Å². The fourth-order valence-corrected chi connectivity index (χ4v) is 8.88. The minimum absolute atomic E-state index is 0. The smallest absolute Gasteiger partial charge is 1.00 e. The van der Waals surface area contributed by atoms with Crippen LogP contribution in [0, 0.1) is 53.2 Å². The summed E-state index contributed by atoms with van der Waals surface area (Å²) in [6.45, 7) is 53.8. The fourth-order valence-electron chi connectivity index (χ4n) is 2.96. The zero-order valence-corrected chi connectivity index (χ0v) is 46.3. The molecule has 0 aliphatic rings. The number of aliphatic carboxylic acids is 4. The quantitative estimate of drug-likeness (QED) is 0.0815. The Bertz CT molecular complexity index is 719. The third kappa shape index (κ3) is 373. The van der Waals surface area contributed by atoms with Gasteiger partial charge in [-0.05, 0) is 103 Å². The minimum Gasteiger partial charge on any atom is 1.00 e. The second kappa shape index (κ2) is 170. The largest absolute Gasteiger partial charge is 1.00 e. The van der Waals surface area contributed by atoms with Gasteiger partial charge in [-0.25, -0.2) is 0 Å². The molecule has 0 aliphatic heterocycles. The summed E-state index contributed by atoms with van der Waals surface area (Å²) >= 11 is 0. The number of rotatable bonds is 18. The van der Waals surface area contributed by atoms with Gasteiger partial charge < -0.3 is 39.6 Å². The minimum atomic E-state index is -1.08. The van der Waals surface area contributed by atoms with Crippen molar-refractivity contribution in [2.24, 2.45) is 0 Å². The van der Waals surface area contributed by atoms with Crippen LogP contribution < -0.4 is 20.4 Å². The molecule has 0 rings (SSSR count). The zero-order valence-electron chi connectivity index (χ0n) is 37.6. The van der Waals surface area contributed by atoms with Crippen molar-refractivity contribution in [2.45, 2.75) is 146 Å². The number of hydrogen-bond donors (Lipinski definition) is 0. The van der Waals surface area contributed by atoms with E-state index in [4.69, 9.17) is 76.8 Å². The van der Waals surface area contributed by atoms with Gasteiger partial charge in [0.25, 0.3) is 0 Å². The first kappa shape index (κ1) is 119. The third-order valence-electron chi connectivity index (χ3n) is 4.97. The van der Waals surface area contributed by atoms with Gasteiger partial charge >= 0.3 is 168 Å². The molecule has 0 aliphatic carbocycles. The third-order valence-corrected chi connectivity index (χ3v) is 10.7. The Kier molecular flexibility index (Phi) is 326. The summed E-state index contributed by atoms with van der Waals surface area (Å²) in [4.78, 5) is 35.6. The summed E-state index contributed by atoms with van der Waals surface area (Å²) in [5.41, 5.74) is 0. The van der Waals surface area contributed by atoms with Crippen molar-refractivity contribution in [1.82, 2.24) is 0 Å². The Morgan fingerprint density at radius 2 is 0.371 bits per heavy atom. The van der Waals surface area contributed by atoms with Gasteiger partial charge in [0, 0.05) is 23.9 Å². The summed E-state index contributed by atoms with van der Waals surface area (Å²) in [7, 11) is 0.843. The molecule has 0 saturated heterocycles. The maximum atomic E-state index is 8.89. The van der Waals surface area contributed by atoms with Gasteiger partial charge in [-0.15, -0.1) is 15.8 Å². The molecule has 0 atom stereocenters. The molecular weight excluding hydrogens is 1200 g/mol. The molecule has 0 bridgehead atoms. The first-order valence-corrected chi connectivity index (χ1v) is 21.2. The van der Waals surface area contributed by atoms with Gasteiger partial charge in [0.05, 0.1) is 0 Å². The van der Waals surface area contributed by atoms with Crippen molar-refractivity contribution in [1.29, 1.82) is 0 Å². The number of hydrogen-bond acceptors (Lipinski definition) is 8. The Morgan fingerprint density at radius 3 is 0.419 bits per heavy atom. The van der Waals surface area contributed by atoms with Crippen LogP contribution in [0.1, 0.15) is 146 Å². The molecule has 4 radical (unpaired) electrons. The summed E-state index contributed by atoms with van der Waals surface area (Å²) in [5.74, 6) is -4.33. The fraction of sp³-hybridized carbons (Fsp3) is 0.700. The summed E-state index contributed by atoms with van der Waals surface area (Å²) in [5, 5.41) is 35.6. The van der Waals surface area contributed by atoms with Crippen LogP contribution in [0.4, 0.5) is 0 Å². The molecule has 0 N–H and O–H groups in total. The predicted molar refractivity (Wildman–Crippen MR) is 207 cm³/mol. The number of unbranched alkanes of at least 4 members (excludes halogenated alkanes) is 6. The van der Waals surface area contributed by atoms with Crippen LogP contribution in [0.2, 0.25) is 0 Å². The number of carboxylic acid groups (broad SMARTS) is 4. The molecule has 0 aromatic heterocycles. The average molecular weight is 1270 g/mol. The molecule has 62 heavy (non-hydrogen) atoms. The summed E-state index contributed by atoms with van der Waals surface area (Å²) < 4.78 is 60.0. The molecule has 0 amide bonds. The Labute approximate surface area is 427 Å². The van der Waals surface area contributed by atoms with Crippen LogP contribution in [0.15, 0.2) is 0 Å². The normalized spacial score (nSPS) is 6.52. The first-order valence-electron chi connectivity index (χ1n) is 17.4. The summed E-state index contributed by atoms with van der Waals surface area (Å²) in [6, 6.07) is 0. The van der Waals surface area contributed by atoms with E-state index < -0.39 is 23.9 Å². The van der Waals surface area contributed by atoms with Crippen molar-refractivity contribution < 1.29 is 155 Å². The number of carbonyl (C=O) groups excluding carboxylic acids is 4. The summed E-state index contributed by atoms with van der Waals surface area (Å²) in [6.07, 6.45) is 26.4. The topological polar surface area (TPSA) is 320 Å². The molecule has 364 valence electrons. The van der Waals surface area contributed by atoms with Gasteiger partial charge in [0.2, 0.25) is 0 Å². The zero-order chi connectivity index (χ0) is 50.2. The maximum Gasteiger partial charge on any atom is 1.00 e. The predicted octanol–water partition coefficient (Wildman–Crippen LogP) is 4.45. The Hall–Kier alpha value is -0.846. The number of carbonyl (C=O) groups is 4. The molecule has 0 saturated carbocycles. The van der Waals surface area contributed by atoms with E-state index in [2.05, 4.69) is 94.7 Å². The molecule has 16 nitrogen and oxygen atoms in total.